The molecule has 2 aromatic heterocycles. The Morgan fingerprint density at radius 2 is 1.84 bits per heavy atom. The van der Waals surface area contributed by atoms with Crippen LogP contribution in [0.1, 0.15) is 21.6 Å². The smallest absolute Gasteiger partial charge is 0.270 e. The van der Waals surface area contributed by atoms with E-state index < -0.39 is 0 Å². The average Bonchev–Trinajstić information content (AvgIpc) is 2.64. The number of amides is 1. The van der Waals surface area contributed by atoms with E-state index in [0.717, 1.165) is 22.5 Å². The first-order valence-corrected chi connectivity index (χ1v) is 8.16. The van der Waals surface area contributed by atoms with Crippen LogP contribution in [0.2, 0.25) is 5.02 Å². The summed E-state index contributed by atoms with van der Waals surface area (Å²) in [4.78, 5) is 20.3. The predicted molar refractivity (Wildman–Crippen MR) is 99.1 cm³/mol. The number of carbonyl (C=O) groups is 1. The molecule has 0 unspecified atom stereocenters. The van der Waals surface area contributed by atoms with Crippen molar-refractivity contribution in [2.24, 2.45) is 0 Å². The Kier molecular flexibility index (Phi) is 5.26. The van der Waals surface area contributed by atoms with E-state index in [0.29, 0.717) is 17.3 Å². The van der Waals surface area contributed by atoms with Gasteiger partial charge in [-0.25, -0.2) is 4.98 Å². The lowest BCUT2D eigenvalue weighted by Gasteiger charge is -2.09. The molecule has 0 aliphatic carbocycles. The second-order valence-electron chi connectivity index (χ2n) is 5.56. The van der Waals surface area contributed by atoms with E-state index in [1.807, 2.05) is 43.3 Å². The molecule has 126 valence electrons. The van der Waals surface area contributed by atoms with Gasteiger partial charge in [-0.3, -0.25) is 9.78 Å². The Morgan fingerprint density at radius 1 is 1.08 bits per heavy atom. The van der Waals surface area contributed by atoms with Crippen LogP contribution in [0.25, 0.3) is 0 Å². The fourth-order valence-electron chi connectivity index (χ4n) is 2.21. The van der Waals surface area contributed by atoms with Crippen LogP contribution in [-0.4, -0.2) is 15.9 Å². The normalized spacial score (nSPS) is 10.3. The Morgan fingerprint density at radius 3 is 2.52 bits per heavy atom. The first-order chi connectivity index (χ1) is 12.1. The van der Waals surface area contributed by atoms with Gasteiger partial charge in [-0.2, -0.15) is 0 Å². The molecule has 5 nitrogen and oxygen atoms in total. The molecule has 2 heterocycles. The number of hydrogen-bond donors (Lipinski definition) is 2. The fourth-order valence-corrected chi connectivity index (χ4v) is 2.39. The van der Waals surface area contributed by atoms with Gasteiger partial charge >= 0.3 is 0 Å². The summed E-state index contributed by atoms with van der Waals surface area (Å²) in [5.74, 6) is -0.221. The second kappa shape index (κ2) is 7.77. The number of anilines is 2. The number of benzene rings is 1. The second-order valence-corrected chi connectivity index (χ2v) is 5.97. The molecule has 0 aliphatic rings. The van der Waals surface area contributed by atoms with Crippen molar-refractivity contribution in [2.75, 3.05) is 5.32 Å². The number of aromatic nitrogens is 2. The van der Waals surface area contributed by atoms with Crippen LogP contribution in [0, 0.1) is 6.92 Å². The van der Waals surface area contributed by atoms with Crippen molar-refractivity contribution in [3.63, 3.8) is 0 Å². The summed E-state index contributed by atoms with van der Waals surface area (Å²) in [5.41, 5.74) is 4.02. The topological polar surface area (TPSA) is 66.9 Å². The van der Waals surface area contributed by atoms with Gasteiger partial charge in [0.2, 0.25) is 0 Å². The third kappa shape index (κ3) is 4.55. The molecule has 0 aliphatic heterocycles. The summed E-state index contributed by atoms with van der Waals surface area (Å²) < 4.78 is 0. The molecular weight excluding hydrogens is 336 g/mol. The molecule has 2 N–H and O–H groups in total. The van der Waals surface area contributed by atoms with Gasteiger partial charge < -0.3 is 10.6 Å². The number of halogens is 1. The van der Waals surface area contributed by atoms with Crippen molar-refractivity contribution < 1.29 is 4.79 Å². The van der Waals surface area contributed by atoms with Crippen LogP contribution >= 0.6 is 11.6 Å². The molecule has 0 atom stereocenters. The quantitative estimate of drug-likeness (QED) is 0.725. The summed E-state index contributed by atoms with van der Waals surface area (Å²) in [6.07, 6.45) is 5.00. The summed E-state index contributed by atoms with van der Waals surface area (Å²) >= 11 is 6.12. The van der Waals surface area contributed by atoms with E-state index in [1.165, 1.54) is 0 Å². The van der Waals surface area contributed by atoms with Crippen LogP contribution in [0.4, 0.5) is 11.4 Å². The summed E-state index contributed by atoms with van der Waals surface area (Å²) in [6.45, 7) is 2.39. The van der Waals surface area contributed by atoms with Gasteiger partial charge in [0.15, 0.2) is 0 Å². The van der Waals surface area contributed by atoms with Gasteiger partial charge in [0.25, 0.3) is 5.91 Å². The van der Waals surface area contributed by atoms with Gasteiger partial charge in [0, 0.05) is 29.6 Å². The molecule has 6 heteroatoms. The van der Waals surface area contributed by atoms with Crippen LogP contribution in [0.3, 0.4) is 0 Å². The highest BCUT2D eigenvalue weighted by molar-refractivity contribution is 6.31. The zero-order chi connectivity index (χ0) is 17.6. The highest BCUT2D eigenvalue weighted by atomic mass is 35.5. The molecule has 0 radical (unpaired) electrons. The maximum Gasteiger partial charge on any atom is 0.270 e. The molecule has 0 saturated carbocycles. The fraction of sp³-hybridized carbons (Fsp3) is 0.105. The molecule has 1 amide bonds. The average molecular weight is 353 g/mol. The van der Waals surface area contributed by atoms with Gasteiger partial charge in [-0.05, 0) is 54.4 Å². The van der Waals surface area contributed by atoms with Crippen LogP contribution in [0.15, 0.2) is 61.1 Å². The van der Waals surface area contributed by atoms with E-state index in [9.17, 15) is 4.79 Å². The molecule has 0 fully saturated rings. The molecule has 3 rings (SSSR count). The molecule has 25 heavy (non-hydrogen) atoms. The first-order valence-electron chi connectivity index (χ1n) is 7.78. The SMILES string of the molecule is Cc1ccc(Nc2ccc(C(=O)NCc3ccncc3)nc2)cc1Cl. The highest BCUT2D eigenvalue weighted by Crippen LogP contribution is 2.22. The maximum atomic E-state index is 12.1. The Labute approximate surface area is 151 Å². The number of nitrogens with one attached hydrogen (secondary N) is 2. The molecule has 1 aromatic carbocycles. The number of rotatable bonds is 5. The van der Waals surface area contributed by atoms with Gasteiger partial charge in [0.05, 0.1) is 11.9 Å². The highest BCUT2D eigenvalue weighted by Gasteiger charge is 2.07. The molecule has 0 bridgehead atoms. The minimum Gasteiger partial charge on any atom is -0.354 e. The monoisotopic (exact) mass is 352 g/mol. The van der Waals surface area contributed by atoms with Crippen LogP contribution < -0.4 is 10.6 Å². The van der Waals surface area contributed by atoms with Gasteiger partial charge in [-0.1, -0.05) is 17.7 Å². The van der Waals surface area contributed by atoms with Crippen molar-refractivity contribution in [3.05, 3.63) is 82.9 Å². The van der Waals surface area contributed by atoms with E-state index in [2.05, 4.69) is 20.6 Å². The lowest BCUT2D eigenvalue weighted by atomic mass is 10.2. The molecule has 0 spiro atoms. The Bertz CT molecular complexity index is 866. The zero-order valence-corrected chi connectivity index (χ0v) is 14.4. The number of hydrogen-bond acceptors (Lipinski definition) is 4. The summed E-state index contributed by atoms with van der Waals surface area (Å²) in [5, 5.41) is 6.74. The summed E-state index contributed by atoms with van der Waals surface area (Å²) in [6, 6.07) is 12.9. The Hall–Kier alpha value is -2.92. The predicted octanol–water partition coefficient (Wildman–Crippen LogP) is 4.11. The van der Waals surface area contributed by atoms with Crippen molar-refractivity contribution in [3.8, 4) is 0 Å². The summed E-state index contributed by atoms with van der Waals surface area (Å²) in [7, 11) is 0. The maximum absolute atomic E-state index is 12.1. The van der Waals surface area contributed by atoms with Crippen molar-refractivity contribution in [1.82, 2.24) is 15.3 Å². The number of nitrogens with zero attached hydrogens (tertiary/aromatic N) is 2. The minimum absolute atomic E-state index is 0.221. The first kappa shape index (κ1) is 16.9. The molecule has 0 saturated heterocycles. The van der Waals surface area contributed by atoms with Crippen LogP contribution in [-0.2, 0) is 6.54 Å². The molecular formula is C19H17ClN4O. The largest absolute Gasteiger partial charge is 0.354 e. The number of aryl methyl sites for hydroxylation is 1. The van der Waals surface area contributed by atoms with Gasteiger partial charge in [-0.15, -0.1) is 0 Å². The Balaban J connectivity index is 1.61. The lowest BCUT2D eigenvalue weighted by Crippen LogP contribution is -2.23. The third-order valence-corrected chi connectivity index (χ3v) is 4.07. The van der Waals surface area contributed by atoms with E-state index in [4.69, 9.17) is 11.6 Å². The van der Waals surface area contributed by atoms with Crippen molar-refractivity contribution in [2.45, 2.75) is 13.5 Å². The van der Waals surface area contributed by atoms with Crippen molar-refractivity contribution >= 4 is 28.9 Å². The number of carbonyl (C=O) groups excluding carboxylic acids is 1. The van der Waals surface area contributed by atoms with Gasteiger partial charge in [0.1, 0.15) is 5.69 Å². The van der Waals surface area contributed by atoms with Crippen LogP contribution in [0.5, 0.6) is 0 Å². The van der Waals surface area contributed by atoms with Crippen molar-refractivity contribution in [1.29, 1.82) is 0 Å². The van der Waals surface area contributed by atoms with E-state index >= 15 is 0 Å². The number of pyridine rings is 2. The van der Waals surface area contributed by atoms with E-state index in [-0.39, 0.29) is 5.91 Å². The lowest BCUT2D eigenvalue weighted by molar-refractivity contribution is 0.0946. The standard InChI is InChI=1S/C19H17ClN4O/c1-13-2-3-15(10-17(13)20)24-16-4-5-18(22-12-16)19(25)23-11-14-6-8-21-9-7-14/h2-10,12,24H,11H2,1H3,(H,23,25). The third-order valence-electron chi connectivity index (χ3n) is 3.66. The van der Waals surface area contributed by atoms with E-state index in [1.54, 1.807) is 24.7 Å². The molecule has 3 aromatic rings. The zero-order valence-electron chi connectivity index (χ0n) is 13.7. The minimum atomic E-state index is -0.221.